The summed E-state index contributed by atoms with van der Waals surface area (Å²) >= 11 is 1.27. The lowest BCUT2D eigenvalue weighted by Gasteiger charge is -2.09. The topological polar surface area (TPSA) is 32.9 Å². The Morgan fingerprint density at radius 1 is 1.33 bits per heavy atom. The van der Waals surface area contributed by atoms with E-state index in [2.05, 4.69) is 0 Å². The minimum Gasteiger partial charge on any atom is -0.317 e. The second-order valence-corrected chi connectivity index (χ2v) is 3.66. The Hall–Kier alpha value is -0.670. The van der Waals surface area contributed by atoms with Gasteiger partial charge in [-0.3, -0.25) is 4.79 Å². The maximum atomic E-state index is 12.3. The zero-order valence-electron chi connectivity index (χ0n) is 6.83. The number of pyridine rings is 1. The van der Waals surface area contributed by atoms with Crippen molar-refractivity contribution in [2.24, 2.45) is 0 Å². The zero-order valence-corrected chi connectivity index (χ0v) is 8.99. The zero-order chi connectivity index (χ0) is 11.8. The van der Waals surface area contributed by atoms with Crippen molar-refractivity contribution < 1.29 is 22.0 Å². The molecule has 1 heterocycles. The molecule has 1 aromatic rings. The molecule has 0 saturated carbocycles. The molecule has 15 heavy (non-hydrogen) atoms. The van der Waals surface area contributed by atoms with Crippen LogP contribution in [0.4, 0.5) is 22.0 Å². The molecule has 1 rings (SSSR count). The second kappa shape index (κ2) is 4.06. The third-order valence-corrected chi connectivity index (χ3v) is 2.65. The van der Waals surface area contributed by atoms with Crippen molar-refractivity contribution in [1.29, 1.82) is 0 Å². The van der Waals surface area contributed by atoms with Crippen molar-refractivity contribution in [2.45, 2.75) is 12.6 Å². The van der Waals surface area contributed by atoms with Crippen LogP contribution in [0.2, 0.25) is 0 Å². The highest BCUT2D eigenvalue weighted by molar-refractivity contribution is 14.1. The number of hydrogen-bond donors (Lipinski definition) is 1. The van der Waals surface area contributed by atoms with Crippen molar-refractivity contribution in [3.63, 3.8) is 0 Å². The van der Waals surface area contributed by atoms with E-state index in [9.17, 15) is 26.7 Å². The Labute approximate surface area is 93.6 Å². The van der Waals surface area contributed by atoms with Gasteiger partial charge >= 0.3 is 6.18 Å². The molecule has 2 nitrogen and oxygen atoms in total. The summed E-state index contributed by atoms with van der Waals surface area (Å²) in [7, 11) is 0. The van der Waals surface area contributed by atoms with Gasteiger partial charge in [0, 0.05) is 5.56 Å². The molecule has 84 valence electrons. The molecule has 0 aliphatic heterocycles. The van der Waals surface area contributed by atoms with E-state index in [4.69, 9.17) is 0 Å². The Morgan fingerprint density at radius 3 is 2.27 bits per heavy atom. The largest absolute Gasteiger partial charge is 0.431 e. The Morgan fingerprint density at radius 2 is 1.87 bits per heavy atom. The molecule has 8 heteroatoms. The van der Waals surface area contributed by atoms with Crippen molar-refractivity contribution in [2.75, 3.05) is 0 Å². The van der Waals surface area contributed by atoms with Crippen LogP contribution in [0.1, 0.15) is 17.7 Å². The monoisotopic (exact) mass is 339 g/mol. The van der Waals surface area contributed by atoms with E-state index in [1.54, 1.807) is 0 Å². The van der Waals surface area contributed by atoms with Crippen LogP contribution in [-0.4, -0.2) is 4.98 Å². The Kier molecular flexibility index (Phi) is 3.36. The Balaban J connectivity index is 3.43. The highest BCUT2D eigenvalue weighted by Crippen LogP contribution is 2.30. The van der Waals surface area contributed by atoms with E-state index in [-0.39, 0.29) is 6.07 Å². The molecule has 0 unspecified atom stereocenters. The number of alkyl halides is 5. The van der Waals surface area contributed by atoms with Crippen molar-refractivity contribution in [3.8, 4) is 0 Å². The first-order valence-electron chi connectivity index (χ1n) is 3.51. The average molecular weight is 339 g/mol. The van der Waals surface area contributed by atoms with Crippen LogP contribution in [0.5, 0.6) is 0 Å². The molecular formula is C7H3F5INO. The molecule has 0 amide bonds. The van der Waals surface area contributed by atoms with Gasteiger partial charge in [0.1, 0.15) is 5.69 Å². The van der Waals surface area contributed by atoms with Gasteiger partial charge in [0.2, 0.25) is 0 Å². The summed E-state index contributed by atoms with van der Waals surface area (Å²) in [6.07, 6.45) is -7.95. The summed E-state index contributed by atoms with van der Waals surface area (Å²) in [5.74, 6) is 0. The molecule has 0 spiro atoms. The maximum Gasteiger partial charge on any atom is 0.431 e. The van der Waals surface area contributed by atoms with Crippen LogP contribution in [0.25, 0.3) is 0 Å². The number of aromatic nitrogens is 1. The van der Waals surface area contributed by atoms with E-state index in [0.29, 0.717) is 0 Å². The molecule has 0 aliphatic rings. The maximum absolute atomic E-state index is 12.3. The van der Waals surface area contributed by atoms with Gasteiger partial charge in [0.25, 0.3) is 12.0 Å². The Bertz CT molecular complexity index is 424. The average Bonchev–Trinajstić information content (AvgIpc) is 2.06. The lowest BCUT2D eigenvalue weighted by Crippen LogP contribution is -2.20. The standard InChI is InChI=1S/C7H3F5INO/c8-5(9)2-1-3(7(10,11)12)14-6(15)4(2)13/h1,5H,(H,14,15). The van der Waals surface area contributed by atoms with E-state index in [1.165, 1.54) is 27.6 Å². The van der Waals surface area contributed by atoms with Crippen LogP contribution >= 0.6 is 22.6 Å². The molecule has 0 fully saturated rings. The van der Waals surface area contributed by atoms with Crippen molar-refractivity contribution in [1.82, 2.24) is 4.98 Å². The van der Waals surface area contributed by atoms with Gasteiger partial charge in [0.15, 0.2) is 0 Å². The molecule has 0 bridgehead atoms. The number of aromatic amines is 1. The van der Waals surface area contributed by atoms with Crippen molar-refractivity contribution >= 4 is 22.6 Å². The number of nitrogens with one attached hydrogen (secondary N) is 1. The lowest BCUT2D eigenvalue weighted by molar-refractivity contribution is -0.141. The molecule has 0 saturated heterocycles. The van der Waals surface area contributed by atoms with Crippen LogP contribution < -0.4 is 5.56 Å². The van der Waals surface area contributed by atoms with Gasteiger partial charge in [-0.1, -0.05) is 0 Å². The third kappa shape index (κ3) is 2.67. The first kappa shape index (κ1) is 12.4. The van der Waals surface area contributed by atoms with E-state index in [0.717, 1.165) is 0 Å². The molecular weight excluding hydrogens is 336 g/mol. The molecule has 0 atom stereocenters. The highest BCUT2D eigenvalue weighted by atomic mass is 127. The van der Waals surface area contributed by atoms with Crippen LogP contribution in [0.3, 0.4) is 0 Å². The molecule has 0 radical (unpaired) electrons. The molecule has 1 aromatic heterocycles. The van der Waals surface area contributed by atoms with Gasteiger partial charge in [0.05, 0.1) is 3.57 Å². The summed E-state index contributed by atoms with van der Waals surface area (Å²) in [5.41, 5.74) is -3.55. The van der Waals surface area contributed by atoms with Gasteiger partial charge in [-0.05, 0) is 28.7 Å². The quantitative estimate of drug-likeness (QED) is 0.619. The number of rotatable bonds is 1. The number of hydrogen-bond acceptors (Lipinski definition) is 1. The minimum atomic E-state index is -4.84. The number of H-pyrrole nitrogens is 1. The smallest absolute Gasteiger partial charge is 0.317 e. The fraction of sp³-hybridized carbons (Fsp3) is 0.286. The van der Waals surface area contributed by atoms with Gasteiger partial charge in [-0.15, -0.1) is 0 Å². The fourth-order valence-electron chi connectivity index (χ4n) is 0.875. The predicted octanol–water partition coefficient (Wildman–Crippen LogP) is 2.94. The van der Waals surface area contributed by atoms with E-state index >= 15 is 0 Å². The summed E-state index contributed by atoms with van der Waals surface area (Å²) in [4.78, 5) is 12.4. The minimum absolute atomic E-state index is 0.244. The first-order chi connectivity index (χ1) is 6.73. The summed E-state index contributed by atoms with van der Waals surface area (Å²) in [5, 5.41) is 0. The summed E-state index contributed by atoms with van der Waals surface area (Å²) in [6.45, 7) is 0. The van der Waals surface area contributed by atoms with Crippen LogP contribution in [0, 0.1) is 3.57 Å². The first-order valence-corrected chi connectivity index (χ1v) is 4.59. The van der Waals surface area contributed by atoms with E-state index < -0.39 is 33.0 Å². The lowest BCUT2D eigenvalue weighted by atomic mass is 10.2. The molecule has 0 aromatic carbocycles. The molecule has 1 N–H and O–H groups in total. The molecule has 0 aliphatic carbocycles. The van der Waals surface area contributed by atoms with Gasteiger partial charge < -0.3 is 4.98 Å². The van der Waals surface area contributed by atoms with Crippen molar-refractivity contribution in [3.05, 3.63) is 31.2 Å². The summed E-state index contributed by atoms with van der Waals surface area (Å²) < 4.78 is 60.4. The predicted molar refractivity (Wildman–Crippen MR) is 49.7 cm³/mol. The fourth-order valence-corrected chi connectivity index (χ4v) is 1.40. The normalized spacial score (nSPS) is 12.2. The van der Waals surface area contributed by atoms with Crippen LogP contribution in [0.15, 0.2) is 10.9 Å². The highest BCUT2D eigenvalue weighted by Gasteiger charge is 2.33. The summed E-state index contributed by atoms with van der Waals surface area (Å²) in [6, 6.07) is 0.244. The number of halogens is 6. The second-order valence-electron chi connectivity index (χ2n) is 2.58. The van der Waals surface area contributed by atoms with Gasteiger partial charge in [-0.2, -0.15) is 13.2 Å². The van der Waals surface area contributed by atoms with Gasteiger partial charge in [-0.25, -0.2) is 8.78 Å². The van der Waals surface area contributed by atoms with Crippen LogP contribution in [-0.2, 0) is 6.18 Å². The van der Waals surface area contributed by atoms with E-state index in [1.807, 2.05) is 0 Å². The third-order valence-electron chi connectivity index (χ3n) is 1.54. The SMILES string of the molecule is O=c1[nH]c(C(F)(F)F)cc(C(F)F)c1I.